The Morgan fingerprint density at radius 1 is 1.17 bits per heavy atom. The van der Waals surface area contributed by atoms with Crippen molar-refractivity contribution < 1.29 is 0 Å². The van der Waals surface area contributed by atoms with Crippen LogP contribution in [-0.4, -0.2) is 13.1 Å². The van der Waals surface area contributed by atoms with Crippen LogP contribution in [-0.2, 0) is 0 Å². The molecule has 1 heteroatoms. The lowest BCUT2D eigenvalue weighted by Gasteiger charge is -2.22. The van der Waals surface area contributed by atoms with Crippen LogP contribution in [0.2, 0.25) is 0 Å². The second kappa shape index (κ2) is 3.72. The topological polar surface area (TPSA) is 12.0 Å². The van der Waals surface area contributed by atoms with Gasteiger partial charge in [0.15, 0.2) is 0 Å². The number of rotatable bonds is 1. The van der Waals surface area contributed by atoms with E-state index in [9.17, 15) is 0 Å². The van der Waals surface area contributed by atoms with Gasteiger partial charge >= 0.3 is 0 Å². The molecule has 1 aromatic carbocycles. The van der Waals surface area contributed by atoms with Crippen LogP contribution in [0.15, 0.2) is 24.3 Å². The molecule has 0 atom stereocenters. The minimum absolute atomic E-state index is 0.779. The highest BCUT2D eigenvalue weighted by molar-refractivity contribution is 5.19. The molecule has 0 aromatic heterocycles. The fourth-order valence-corrected chi connectivity index (χ4v) is 1.83. The molecule has 0 unspecified atom stereocenters. The lowest BCUT2D eigenvalue weighted by Crippen LogP contribution is -2.26. The molecule has 0 saturated carbocycles. The van der Waals surface area contributed by atoms with Gasteiger partial charge in [-0.05, 0) is 43.5 Å². The SMILES string of the molecule is [c]1ccc(C2CCNCC2)cc1. The van der Waals surface area contributed by atoms with Gasteiger partial charge in [0.1, 0.15) is 0 Å². The van der Waals surface area contributed by atoms with Crippen molar-refractivity contribution >= 4 is 0 Å². The van der Waals surface area contributed by atoms with Gasteiger partial charge in [0.25, 0.3) is 0 Å². The van der Waals surface area contributed by atoms with E-state index in [4.69, 9.17) is 0 Å². The van der Waals surface area contributed by atoms with Crippen LogP contribution in [0.5, 0.6) is 0 Å². The first-order chi connectivity index (χ1) is 5.97. The molecule has 1 radical (unpaired) electrons. The molecule has 1 heterocycles. The first kappa shape index (κ1) is 7.81. The summed E-state index contributed by atoms with van der Waals surface area (Å²) in [5, 5.41) is 3.38. The van der Waals surface area contributed by atoms with Crippen LogP contribution in [0.25, 0.3) is 0 Å². The Morgan fingerprint density at radius 3 is 2.50 bits per heavy atom. The Hall–Kier alpha value is -0.820. The van der Waals surface area contributed by atoms with Crippen molar-refractivity contribution in [3.05, 3.63) is 35.9 Å². The highest BCUT2D eigenvalue weighted by Crippen LogP contribution is 2.24. The Labute approximate surface area is 73.8 Å². The maximum absolute atomic E-state index is 3.38. The molecular formula is C11H14N. The van der Waals surface area contributed by atoms with Crippen LogP contribution in [0.3, 0.4) is 0 Å². The van der Waals surface area contributed by atoms with Crippen LogP contribution >= 0.6 is 0 Å². The van der Waals surface area contributed by atoms with Crippen molar-refractivity contribution in [3.63, 3.8) is 0 Å². The van der Waals surface area contributed by atoms with Gasteiger partial charge in [-0.15, -0.1) is 0 Å². The highest BCUT2D eigenvalue weighted by atomic mass is 14.9. The third kappa shape index (κ3) is 1.67. The molecule has 0 spiro atoms. The zero-order valence-corrected chi connectivity index (χ0v) is 7.22. The summed E-state index contributed by atoms with van der Waals surface area (Å²) >= 11 is 0. The normalized spacial score (nSPS) is 19.3. The fourth-order valence-electron chi connectivity index (χ4n) is 1.83. The first-order valence-corrected chi connectivity index (χ1v) is 4.63. The molecule has 0 bridgehead atoms. The molecule has 12 heavy (non-hydrogen) atoms. The van der Waals surface area contributed by atoms with Gasteiger partial charge in [-0.3, -0.25) is 0 Å². The zero-order chi connectivity index (χ0) is 8.23. The molecule has 1 nitrogen and oxygen atoms in total. The Balaban J connectivity index is 2.08. The van der Waals surface area contributed by atoms with Gasteiger partial charge in [-0.25, -0.2) is 0 Å². The Bertz CT molecular complexity index is 224. The second-order valence-electron chi connectivity index (χ2n) is 3.36. The summed E-state index contributed by atoms with van der Waals surface area (Å²) in [4.78, 5) is 0. The van der Waals surface area contributed by atoms with Crippen LogP contribution < -0.4 is 5.32 Å². The molecular weight excluding hydrogens is 146 g/mol. The molecule has 1 aromatic rings. The third-order valence-corrected chi connectivity index (χ3v) is 2.55. The summed E-state index contributed by atoms with van der Waals surface area (Å²) in [6.07, 6.45) is 2.56. The smallest absolute Gasteiger partial charge is 0.00431 e. The average molecular weight is 160 g/mol. The van der Waals surface area contributed by atoms with E-state index in [0.29, 0.717) is 0 Å². The molecule has 0 aliphatic carbocycles. The van der Waals surface area contributed by atoms with E-state index in [1.807, 2.05) is 12.1 Å². The van der Waals surface area contributed by atoms with Crippen molar-refractivity contribution in [3.8, 4) is 0 Å². The largest absolute Gasteiger partial charge is 0.317 e. The lowest BCUT2D eigenvalue weighted by atomic mass is 9.90. The number of piperidine rings is 1. The number of hydrogen-bond donors (Lipinski definition) is 1. The second-order valence-corrected chi connectivity index (χ2v) is 3.36. The molecule has 1 aliphatic heterocycles. The van der Waals surface area contributed by atoms with Crippen LogP contribution in [0.4, 0.5) is 0 Å². The Morgan fingerprint density at radius 2 is 1.83 bits per heavy atom. The summed E-state index contributed by atoms with van der Waals surface area (Å²) in [7, 11) is 0. The lowest BCUT2D eigenvalue weighted by molar-refractivity contribution is 0.460. The van der Waals surface area contributed by atoms with Gasteiger partial charge in [0, 0.05) is 0 Å². The number of hydrogen-bond acceptors (Lipinski definition) is 1. The molecule has 2 rings (SSSR count). The third-order valence-electron chi connectivity index (χ3n) is 2.55. The van der Waals surface area contributed by atoms with Gasteiger partial charge < -0.3 is 5.32 Å². The van der Waals surface area contributed by atoms with E-state index >= 15 is 0 Å². The van der Waals surface area contributed by atoms with Crippen molar-refractivity contribution in [2.45, 2.75) is 18.8 Å². The number of nitrogens with one attached hydrogen (secondary N) is 1. The predicted octanol–water partition coefficient (Wildman–Crippen LogP) is 1.95. The summed E-state index contributed by atoms with van der Waals surface area (Å²) in [5.41, 5.74) is 1.48. The van der Waals surface area contributed by atoms with Gasteiger partial charge in [-0.1, -0.05) is 24.3 Å². The summed E-state index contributed by atoms with van der Waals surface area (Å²) in [6, 6.07) is 11.5. The van der Waals surface area contributed by atoms with E-state index in [1.54, 1.807) is 0 Å². The van der Waals surface area contributed by atoms with E-state index in [0.717, 1.165) is 5.92 Å². The molecule has 1 N–H and O–H groups in total. The first-order valence-electron chi connectivity index (χ1n) is 4.63. The monoisotopic (exact) mass is 160 g/mol. The van der Waals surface area contributed by atoms with Gasteiger partial charge in [0.2, 0.25) is 0 Å². The van der Waals surface area contributed by atoms with Crippen molar-refractivity contribution in [1.29, 1.82) is 0 Å². The molecule has 1 aliphatic rings. The Kier molecular flexibility index (Phi) is 2.42. The van der Waals surface area contributed by atoms with E-state index in [1.165, 1.54) is 31.5 Å². The maximum Gasteiger partial charge on any atom is -0.00431 e. The van der Waals surface area contributed by atoms with Crippen LogP contribution in [0, 0.1) is 6.07 Å². The average Bonchev–Trinajstić information content (AvgIpc) is 2.21. The highest BCUT2D eigenvalue weighted by Gasteiger charge is 2.13. The van der Waals surface area contributed by atoms with E-state index < -0.39 is 0 Å². The fraction of sp³-hybridized carbons (Fsp3) is 0.455. The standard InChI is InChI=1S/C11H14N/c1-2-4-10(5-3-1)11-6-8-12-9-7-11/h2-5,11-12H,6-9H2. The minimum Gasteiger partial charge on any atom is -0.317 e. The van der Waals surface area contributed by atoms with Gasteiger partial charge in [0.05, 0.1) is 0 Å². The summed E-state index contributed by atoms with van der Waals surface area (Å²) in [6.45, 7) is 2.34. The quantitative estimate of drug-likeness (QED) is 0.662. The summed E-state index contributed by atoms with van der Waals surface area (Å²) < 4.78 is 0. The minimum atomic E-state index is 0.779. The zero-order valence-electron chi connectivity index (χ0n) is 7.22. The molecule has 0 amide bonds. The maximum atomic E-state index is 3.38. The predicted molar refractivity (Wildman–Crippen MR) is 50.1 cm³/mol. The molecule has 1 saturated heterocycles. The molecule has 1 fully saturated rings. The van der Waals surface area contributed by atoms with Crippen molar-refractivity contribution in [2.24, 2.45) is 0 Å². The summed E-state index contributed by atoms with van der Waals surface area (Å²) in [5.74, 6) is 0.779. The number of benzene rings is 1. The van der Waals surface area contributed by atoms with Crippen LogP contribution in [0.1, 0.15) is 24.3 Å². The van der Waals surface area contributed by atoms with Gasteiger partial charge in [-0.2, -0.15) is 0 Å². The van der Waals surface area contributed by atoms with Crippen molar-refractivity contribution in [1.82, 2.24) is 5.32 Å². The van der Waals surface area contributed by atoms with Crippen molar-refractivity contribution in [2.75, 3.05) is 13.1 Å². The van der Waals surface area contributed by atoms with E-state index in [-0.39, 0.29) is 0 Å². The molecule has 63 valence electrons. The van der Waals surface area contributed by atoms with E-state index in [2.05, 4.69) is 23.5 Å².